The SMILES string of the molecule is CN(C)S(=O)(=O)NC(CN1C(=O)COC1=O)c1ccccc1. The van der Waals surface area contributed by atoms with Crippen LogP contribution in [0.4, 0.5) is 4.79 Å². The molecule has 1 saturated heterocycles. The molecule has 1 heterocycles. The molecule has 120 valence electrons. The van der Waals surface area contributed by atoms with Crippen molar-refractivity contribution in [2.45, 2.75) is 6.04 Å². The van der Waals surface area contributed by atoms with E-state index in [9.17, 15) is 18.0 Å². The Balaban J connectivity index is 2.26. The molecule has 0 saturated carbocycles. The van der Waals surface area contributed by atoms with Gasteiger partial charge in [-0.2, -0.15) is 17.4 Å². The Kier molecular flexibility index (Phi) is 4.79. The number of hydrogen-bond acceptors (Lipinski definition) is 5. The van der Waals surface area contributed by atoms with Gasteiger partial charge in [0, 0.05) is 14.1 Å². The van der Waals surface area contributed by atoms with Crippen molar-refractivity contribution in [3.8, 4) is 0 Å². The molecule has 1 aromatic rings. The molecule has 1 aliphatic heterocycles. The first-order valence-electron chi connectivity index (χ1n) is 6.53. The minimum absolute atomic E-state index is 0.130. The fourth-order valence-corrected chi connectivity index (χ4v) is 2.70. The van der Waals surface area contributed by atoms with E-state index in [1.165, 1.54) is 14.1 Å². The van der Waals surface area contributed by atoms with Crippen LogP contribution in [0.1, 0.15) is 11.6 Å². The Bertz CT molecular complexity index is 644. The highest BCUT2D eigenvalue weighted by atomic mass is 32.2. The van der Waals surface area contributed by atoms with Gasteiger partial charge >= 0.3 is 6.09 Å². The fourth-order valence-electron chi connectivity index (χ4n) is 1.92. The summed E-state index contributed by atoms with van der Waals surface area (Å²) in [4.78, 5) is 24.1. The van der Waals surface area contributed by atoms with Crippen LogP contribution in [-0.2, 0) is 19.7 Å². The Morgan fingerprint density at radius 1 is 1.27 bits per heavy atom. The maximum absolute atomic E-state index is 12.0. The van der Waals surface area contributed by atoms with E-state index in [0.717, 1.165) is 9.21 Å². The Morgan fingerprint density at radius 2 is 1.91 bits per heavy atom. The predicted molar refractivity (Wildman–Crippen MR) is 78.0 cm³/mol. The molecule has 2 amide bonds. The fraction of sp³-hybridized carbons (Fsp3) is 0.385. The maximum atomic E-state index is 12.0. The van der Waals surface area contributed by atoms with Crippen LogP contribution in [0.3, 0.4) is 0 Å². The quantitative estimate of drug-likeness (QED) is 0.799. The van der Waals surface area contributed by atoms with E-state index < -0.39 is 28.3 Å². The lowest BCUT2D eigenvalue weighted by Gasteiger charge is -2.24. The number of nitrogens with one attached hydrogen (secondary N) is 1. The molecule has 2 rings (SSSR count). The number of imide groups is 1. The van der Waals surface area contributed by atoms with Crippen molar-refractivity contribution in [3.63, 3.8) is 0 Å². The maximum Gasteiger partial charge on any atom is 0.417 e. The summed E-state index contributed by atoms with van der Waals surface area (Å²) < 4.78 is 32.2. The molecule has 1 aromatic carbocycles. The zero-order valence-corrected chi connectivity index (χ0v) is 13.0. The molecule has 8 nitrogen and oxygen atoms in total. The highest BCUT2D eigenvalue weighted by Gasteiger charge is 2.34. The van der Waals surface area contributed by atoms with Gasteiger partial charge in [0.25, 0.3) is 16.1 Å². The monoisotopic (exact) mass is 327 g/mol. The van der Waals surface area contributed by atoms with Gasteiger partial charge < -0.3 is 4.74 Å². The van der Waals surface area contributed by atoms with Crippen LogP contribution in [0.2, 0.25) is 0 Å². The average molecular weight is 327 g/mol. The van der Waals surface area contributed by atoms with Crippen molar-refractivity contribution >= 4 is 22.2 Å². The molecule has 0 aromatic heterocycles. The second-order valence-electron chi connectivity index (χ2n) is 4.93. The number of hydrogen-bond donors (Lipinski definition) is 1. The third kappa shape index (κ3) is 3.62. The summed E-state index contributed by atoms with van der Waals surface area (Å²) in [7, 11) is -0.952. The summed E-state index contributed by atoms with van der Waals surface area (Å²) in [6.07, 6.45) is -0.769. The van der Waals surface area contributed by atoms with E-state index >= 15 is 0 Å². The molecule has 1 N–H and O–H groups in total. The van der Waals surface area contributed by atoms with Gasteiger partial charge in [0.05, 0.1) is 12.6 Å². The largest absolute Gasteiger partial charge is 0.439 e. The van der Waals surface area contributed by atoms with Gasteiger partial charge in [-0.3, -0.25) is 4.79 Å². The van der Waals surface area contributed by atoms with Gasteiger partial charge in [0.2, 0.25) is 0 Å². The van der Waals surface area contributed by atoms with E-state index in [4.69, 9.17) is 0 Å². The van der Waals surface area contributed by atoms with Crippen molar-refractivity contribution in [3.05, 3.63) is 35.9 Å². The number of carbonyl (C=O) groups excluding carboxylic acids is 2. The lowest BCUT2D eigenvalue weighted by molar-refractivity contribution is -0.126. The van der Waals surface area contributed by atoms with Crippen LogP contribution >= 0.6 is 0 Å². The minimum Gasteiger partial charge on any atom is -0.439 e. The Hall–Kier alpha value is -1.97. The van der Waals surface area contributed by atoms with Gasteiger partial charge in [-0.15, -0.1) is 0 Å². The second-order valence-corrected chi connectivity index (χ2v) is 6.84. The Morgan fingerprint density at radius 3 is 2.41 bits per heavy atom. The molecule has 1 fully saturated rings. The van der Waals surface area contributed by atoms with Crippen molar-refractivity contribution in [2.24, 2.45) is 0 Å². The lowest BCUT2D eigenvalue weighted by Crippen LogP contribution is -2.44. The van der Waals surface area contributed by atoms with Crippen LogP contribution < -0.4 is 4.72 Å². The summed E-state index contributed by atoms with van der Waals surface area (Å²) in [6.45, 7) is -0.449. The van der Waals surface area contributed by atoms with Gasteiger partial charge in [0.15, 0.2) is 6.61 Å². The third-order valence-corrected chi connectivity index (χ3v) is 4.72. The number of carbonyl (C=O) groups is 2. The molecular weight excluding hydrogens is 310 g/mol. The molecular formula is C13H17N3O5S. The van der Waals surface area contributed by atoms with E-state index in [2.05, 4.69) is 9.46 Å². The van der Waals surface area contributed by atoms with Crippen LogP contribution in [0.25, 0.3) is 0 Å². The average Bonchev–Trinajstić information content (AvgIpc) is 2.79. The Labute approximate surface area is 128 Å². The van der Waals surface area contributed by atoms with Crippen LogP contribution in [0, 0.1) is 0 Å². The summed E-state index contributed by atoms with van der Waals surface area (Å²) in [5.41, 5.74) is 0.639. The molecule has 0 bridgehead atoms. The minimum atomic E-state index is -3.73. The van der Waals surface area contributed by atoms with Crippen LogP contribution in [0.15, 0.2) is 30.3 Å². The van der Waals surface area contributed by atoms with Crippen LogP contribution in [-0.4, -0.2) is 56.9 Å². The highest BCUT2D eigenvalue weighted by molar-refractivity contribution is 7.87. The number of amides is 2. The topological polar surface area (TPSA) is 96.0 Å². The molecule has 0 radical (unpaired) electrons. The number of nitrogens with zero attached hydrogens (tertiary/aromatic N) is 2. The summed E-state index contributed by atoms with van der Waals surface area (Å²) in [6, 6.07) is 7.95. The van der Waals surface area contributed by atoms with E-state index in [-0.39, 0.29) is 13.2 Å². The molecule has 1 unspecified atom stereocenters. The van der Waals surface area contributed by atoms with Gasteiger partial charge in [-0.1, -0.05) is 30.3 Å². The van der Waals surface area contributed by atoms with Gasteiger partial charge in [-0.05, 0) is 5.56 Å². The first-order chi connectivity index (χ1) is 10.3. The van der Waals surface area contributed by atoms with E-state index in [0.29, 0.717) is 5.56 Å². The van der Waals surface area contributed by atoms with Crippen molar-refractivity contribution in [1.82, 2.24) is 13.9 Å². The molecule has 0 spiro atoms. The zero-order chi connectivity index (χ0) is 16.3. The van der Waals surface area contributed by atoms with Crippen molar-refractivity contribution in [1.29, 1.82) is 0 Å². The normalized spacial score (nSPS) is 17.0. The van der Waals surface area contributed by atoms with Crippen LogP contribution in [0.5, 0.6) is 0 Å². The lowest BCUT2D eigenvalue weighted by atomic mass is 10.1. The van der Waals surface area contributed by atoms with Gasteiger partial charge in [0.1, 0.15) is 0 Å². The molecule has 1 aliphatic rings. The summed E-state index contributed by atoms with van der Waals surface area (Å²) in [5.74, 6) is -0.491. The highest BCUT2D eigenvalue weighted by Crippen LogP contribution is 2.18. The van der Waals surface area contributed by atoms with E-state index in [1.807, 2.05) is 0 Å². The summed E-state index contributed by atoms with van der Waals surface area (Å²) >= 11 is 0. The molecule has 1 atom stereocenters. The first kappa shape index (κ1) is 16.4. The number of cyclic esters (lactones) is 1. The molecule has 22 heavy (non-hydrogen) atoms. The van der Waals surface area contributed by atoms with Crippen molar-refractivity contribution < 1.29 is 22.7 Å². The first-order valence-corrected chi connectivity index (χ1v) is 7.97. The van der Waals surface area contributed by atoms with Crippen molar-refractivity contribution in [2.75, 3.05) is 27.2 Å². The third-order valence-electron chi connectivity index (χ3n) is 3.18. The standard InChI is InChI=1S/C13H17N3O5S/c1-15(2)22(19,20)14-11(10-6-4-3-5-7-10)8-16-12(17)9-21-13(16)18/h3-7,11,14H,8-9H2,1-2H3. The smallest absolute Gasteiger partial charge is 0.417 e. The number of rotatable bonds is 6. The number of ether oxygens (including phenoxy) is 1. The number of benzene rings is 1. The van der Waals surface area contributed by atoms with Gasteiger partial charge in [-0.25, -0.2) is 9.69 Å². The second kappa shape index (κ2) is 6.42. The zero-order valence-electron chi connectivity index (χ0n) is 12.2. The summed E-state index contributed by atoms with van der Waals surface area (Å²) in [5, 5.41) is 0. The predicted octanol–water partition coefficient (Wildman–Crippen LogP) is 0.103. The molecule has 0 aliphatic carbocycles. The van der Waals surface area contributed by atoms with E-state index in [1.54, 1.807) is 30.3 Å². The molecule has 9 heteroatoms.